The Morgan fingerprint density at radius 3 is 2.58 bits per heavy atom. The third-order valence-corrected chi connectivity index (χ3v) is 5.06. The first-order valence-electron chi connectivity index (χ1n) is 7.68. The highest BCUT2D eigenvalue weighted by Crippen LogP contribution is 2.29. The molecule has 0 saturated heterocycles. The van der Waals surface area contributed by atoms with Gasteiger partial charge in [-0.1, -0.05) is 11.8 Å². The summed E-state index contributed by atoms with van der Waals surface area (Å²) in [6.45, 7) is 3.12. The maximum absolute atomic E-state index is 12.1. The number of carbonyl (C=O) groups excluding carboxylic acids is 2. The molecule has 0 bridgehead atoms. The molecule has 1 saturated carbocycles. The van der Waals surface area contributed by atoms with Crippen molar-refractivity contribution in [1.29, 1.82) is 10.5 Å². The summed E-state index contributed by atoms with van der Waals surface area (Å²) in [5.41, 5.74) is 0.472. The molecule has 0 spiro atoms. The number of hydrogen-bond acceptors (Lipinski definition) is 6. The summed E-state index contributed by atoms with van der Waals surface area (Å²) < 4.78 is 0. The van der Waals surface area contributed by atoms with Crippen molar-refractivity contribution < 1.29 is 9.59 Å². The van der Waals surface area contributed by atoms with Crippen molar-refractivity contribution in [2.75, 3.05) is 5.75 Å². The van der Waals surface area contributed by atoms with E-state index in [1.165, 1.54) is 13.0 Å². The Labute approximate surface area is 145 Å². The van der Waals surface area contributed by atoms with Crippen LogP contribution in [0.3, 0.4) is 0 Å². The number of nitrogens with zero attached hydrogens (tertiary/aromatic N) is 3. The molecule has 0 aromatic carbocycles. The van der Waals surface area contributed by atoms with E-state index in [4.69, 9.17) is 0 Å². The lowest BCUT2D eigenvalue weighted by Crippen LogP contribution is -2.45. The average molecular weight is 342 g/mol. The second-order valence-electron chi connectivity index (χ2n) is 5.88. The minimum atomic E-state index is -0.752. The zero-order chi connectivity index (χ0) is 17.7. The quantitative estimate of drug-likeness (QED) is 0.651. The highest BCUT2D eigenvalue weighted by molar-refractivity contribution is 8.00. The van der Waals surface area contributed by atoms with Crippen LogP contribution in [0.25, 0.3) is 0 Å². The van der Waals surface area contributed by atoms with E-state index >= 15 is 0 Å². The van der Waals surface area contributed by atoms with E-state index in [9.17, 15) is 20.1 Å². The molecule has 24 heavy (non-hydrogen) atoms. The number of aryl methyl sites for hydroxylation is 1. The van der Waals surface area contributed by atoms with E-state index < -0.39 is 5.54 Å². The molecule has 1 aromatic heterocycles. The third kappa shape index (κ3) is 3.93. The van der Waals surface area contributed by atoms with E-state index in [0.717, 1.165) is 24.6 Å². The smallest absolute Gasteiger partial charge is 0.231 e. The topological polar surface area (TPSA) is 107 Å². The summed E-state index contributed by atoms with van der Waals surface area (Å²) in [4.78, 5) is 28.0. The molecule has 6 nitrogen and oxygen atoms in total. The summed E-state index contributed by atoms with van der Waals surface area (Å²) in [6.07, 6.45) is 3.22. The first-order chi connectivity index (χ1) is 11.4. The zero-order valence-corrected chi connectivity index (χ0v) is 14.5. The monoisotopic (exact) mass is 342 g/mol. The highest BCUT2D eigenvalue weighted by Gasteiger charge is 2.35. The summed E-state index contributed by atoms with van der Waals surface area (Å²) in [7, 11) is 0. The number of carbonyl (C=O) groups is 2. The Hall–Kier alpha value is -2.38. The lowest BCUT2D eigenvalue weighted by Gasteiger charge is -2.21. The van der Waals surface area contributed by atoms with Crippen molar-refractivity contribution in [3.05, 3.63) is 22.9 Å². The van der Waals surface area contributed by atoms with Crippen LogP contribution in [0.5, 0.6) is 0 Å². The first kappa shape index (κ1) is 18.0. The molecule has 1 N–H and O–H groups in total. The van der Waals surface area contributed by atoms with Crippen molar-refractivity contribution in [3.8, 4) is 12.1 Å². The fourth-order valence-electron chi connectivity index (χ4n) is 2.81. The van der Waals surface area contributed by atoms with E-state index in [-0.39, 0.29) is 23.0 Å². The minimum Gasteiger partial charge on any atom is -0.337 e. The molecule has 0 atom stereocenters. The van der Waals surface area contributed by atoms with Gasteiger partial charge in [0, 0.05) is 11.3 Å². The van der Waals surface area contributed by atoms with Gasteiger partial charge in [0.1, 0.15) is 16.6 Å². The average Bonchev–Trinajstić information content (AvgIpc) is 3.01. The fourth-order valence-corrected chi connectivity index (χ4v) is 3.61. The fraction of sp³-hybridized carbons (Fsp3) is 0.471. The molecule has 124 valence electrons. The van der Waals surface area contributed by atoms with Crippen molar-refractivity contribution >= 4 is 23.5 Å². The largest absolute Gasteiger partial charge is 0.337 e. The van der Waals surface area contributed by atoms with Crippen molar-refractivity contribution in [2.24, 2.45) is 0 Å². The predicted octanol–water partition coefficient (Wildman–Crippen LogP) is 2.51. The van der Waals surface area contributed by atoms with Gasteiger partial charge in [0.05, 0.1) is 17.4 Å². The van der Waals surface area contributed by atoms with Crippen LogP contribution in [0, 0.1) is 29.6 Å². The van der Waals surface area contributed by atoms with Gasteiger partial charge >= 0.3 is 0 Å². The van der Waals surface area contributed by atoms with Crippen LogP contribution in [0.2, 0.25) is 0 Å². The number of ketones is 1. The SMILES string of the molecule is CC(=O)c1cc(C#N)c(SCC(=O)NC2(C#N)CCCC2)nc1C. The van der Waals surface area contributed by atoms with E-state index in [1.807, 2.05) is 6.07 Å². The zero-order valence-electron chi connectivity index (χ0n) is 13.7. The van der Waals surface area contributed by atoms with Crippen LogP contribution in [0.4, 0.5) is 0 Å². The maximum atomic E-state index is 12.1. The van der Waals surface area contributed by atoms with Crippen LogP contribution >= 0.6 is 11.8 Å². The normalized spacial score (nSPS) is 15.3. The lowest BCUT2D eigenvalue weighted by molar-refractivity contribution is -0.119. The molecule has 0 unspecified atom stereocenters. The van der Waals surface area contributed by atoms with Gasteiger partial charge in [0.2, 0.25) is 5.91 Å². The van der Waals surface area contributed by atoms with Gasteiger partial charge in [0.15, 0.2) is 5.78 Å². The Bertz CT molecular complexity index is 755. The maximum Gasteiger partial charge on any atom is 0.231 e. The Morgan fingerprint density at radius 1 is 1.38 bits per heavy atom. The predicted molar refractivity (Wildman–Crippen MR) is 89.4 cm³/mol. The molecule has 1 heterocycles. The number of nitrogens with one attached hydrogen (secondary N) is 1. The number of Topliss-reactive ketones (excluding diaryl/α,β-unsaturated/α-hetero) is 1. The van der Waals surface area contributed by atoms with Crippen molar-refractivity contribution in [2.45, 2.75) is 50.1 Å². The number of rotatable bonds is 5. The van der Waals surface area contributed by atoms with E-state index in [2.05, 4.69) is 16.4 Å². The standard InChI is InChI=1S/C17H18N4O2S/c1-11-14(12(2)22)7-13(8-18)16(20-11)24-9-15(23)21-17(10-19)5-3-4-6-17/h7H,3-6,9H2,1-2H3,(H,21,23). The first-order valence-corrected chi connectivity index (χ1v) is 8.67. The number of aromatic nitrogens is 1. The van der Waals surface area contributed by atoms with Gasteiger partial charge < -0.3 is 5.32 Å². The molecule has 7 heteroatoms. The molecular formula is C17H18N4O2S. The second kappa shape index (κ2) is 7.46. The minimum absolute atomic E-state index is 0.0734. The van der Waals surface area contributed by atoms with Crippen LogP contribution in [-0.2, 0) is 4.79 Å². The molecule has 2 rings (SSSR count). The Balaban J connectivity index is 2.08. The van der Waals surface area contributed by atoms with Gasteiger partial charge in [-0.25, -0.2) is 4.98 Å². The summed E-state index contributed by atoms with van der Waals surface area (Å²) in [5, 5.41) is 21.8. The molecule has 0 radical (unpaired) electrons. The second-order valence-corrected chi connectivity index (χ2v) is 6.84. The van der Waals surface area contributed by atoms with E-state index in [1.54, 1.807) is 6.92 Å². The van der Waals surface area contributed by atoms with Crippen molar-refractivity contribution in [1.82, 2.24) is 10.3 Å². The summed E-state index contributed by atoms with van der Waals surface area (Å²) >= 11 is 1.14. The molecule has 1 fully saturated rings. The number of amides is 1. The van der Waals surface area contributed by atoms with Gasteiger partial charge in [-0.2, -0.15) is 10.5 Å². The molecular weight excluding hydrogens is 324 g/mol. The Kier molecular flexibility index (Phi) is 5.58. The molecule has 1 aromatic rings. The van der Waals surface area contributed by atoms with Crippen molar-refractivity contribution in [3.63, 3.8) is 0 Å². The molecule has 1 amide bonds. The lowest BCUT2D eigenvalue weighted by atomic mass is 10.0. The van der Waals surface area contributed by atoms with Gasteiger partial charge in [-0.05, 0) is 45.6 Å². The number of thioether (sulfide) groups is 1. The van der Waals surface area contributed by atoms with Gasteiger partial charge in [0.25, 0.3) is 0 Å². The third-order valence-electron chi connectivity index (χ3n) is 4.07. The van der Waals surface area contributed by atoms with E-state index in [0.29, 0.717) is 29.1 Å². The molecule has 1 aliphatic carbocycles. The summed E-state index contributed by atoms with van der Waals surface area (Å²) in [6, 6.07) is 5.74. The molecule has 1 aliphatic rings. The van der Waals surface area contributed by atoms with Crippen LogP contribution < -0.4 is 5.32 Å². The number of pyridine rings is 1. The number of hydrogen-bond donors (Lipinski definition) is 1. The van der Waals surface area contributed by atoms with Gasteiger partial charge in [-0.15, -0.1) is 0 Å². The highest BCUT2D eigenvalue weighted by atomic mass is 32.2. The summed E-state index contributed by atoms with van der Waals surface area (Å²) in [5.74, 6) is -0.324. The molecule has 0 aliphatic heterocycles. The Morgan fingerprint density at radius 2 is 2.04 bits per heavy atom. The number of nitriles is 2. The van der Waals surface area contributed by atoms with Crippen LogP contribution in [-0.4, -0.2) is 28.0 Å². The van der Waals surface area contributed by atoms with Gasteiger partial charge in [-0.3, -0.25) is 9.59 Å². The van der Waals surface area contributed by atoms with Crippen LogP contribution in [0.15, 0.2) is 11.1 Å². The van der Waals surface area contributed by atoms with Crippen LogP contribution in [0.1, 0.15) is 54.2 Å².